The van der Waals surface area contributed by atoms with Gasteiger partial charge in [-0.1, -0.05) is 54.6 Å². The first kappa shape index (κ1) is 18.9. The Hall–Kier alpha value is -4.39. The zero-order valence-electron chi connectivity index (χ0n) is 15.9. The summed E-state index contributed by atoms with van der Waals surface area (Å²) in [6.07, 6.45) is 1.71. The molecule has 0 radical (unpaired) electrons. The van der Waals surface area contributed by atoms with E-state index in [1.165, 1.54) is 0 Å². The molecule has 4 aromatic rings. The van der Waals surface area contributed by atoms with Gasteiger partial charge in [-0.3, -0.25) is 4.79 Å². The van der Waals surface area contributed by atoms with E-state index in [0.29, 0.717) is 22.6 Å². The molecule has 0 spiro atoms. The summed E-state index contributed by atoms with van der Waals surface area (Å²) in [5.41, 5.74) is 8.86. The average molecular weight is 397 g/mol. The summed E-state index contributed by atoms with van der Waals surface area (Å²) in [4.78, 5) is 24.2. The highest BCUT2D eigenvalue weighted by atomic mass is 16.2. The van der Waals surface area contributed by atoms with Crippen LogP contribution >= 0.6 is 0 Å². The number of aromatic nitrogens is 2. The van der Waals surface area contributed by atoms with Crippen molar-refractivity contribution in [3.63, 3.8) is 0 Å². The van der Waals surface area contributed by atoms with Crippen molar-refractivity contribution < 1.29 is 9.59 Å². The number of para-hydroxylation sites is 1. The highest BCUT2D eigenvalue weighted by Gasteiger charge is 2.19. The maximum atomic E-state index is 13.1. The standard InChI is InChI=1S/C23H19N5O2/c24-23(30)26-18-11-7-10-17(14-18)25-22(29)20-15-28(19-12-5-2-6-13-19)27-21(20)16-8-3-1-4-9-16/h1-15H,(H,25,29)(H3,24,26,30). The minimum atomic E-state index is -0.672. The van der Waals surface area contributed by atoms with E-state index in [0.717, 1.165) is 11.3 Å². The van der Waals surface area contributed by atoms with Gasteiger partial charge in [-0.25, -0.2) is 9.48 Å². The van der Waals surface area contributed by atoms with Crippen LogP contribution < -0.4 is 16.4 Å². The summed E-state index contributed by atoms with van der Waals surface area (Å²) in [5.74, 6) is -0.313. The lowest BCUT2D eigenvalue weighted by atomic mass is 10.1. The number of rotatable bonds is 5. The van der Waals surface area contributed by atoms with Crippen molar-refractivity contribution in [3.05, 3.63) is 96.7 Å². The number of urea groups is 1. The van der Waals surface area contributed by atoms with E-state index in [-0.39, 0.29) is 5.91 Å². The first-order chi connectivity index (χ1) is 14.6. The number of nitrogens with zero attached hydrogens (tertiary/aromatic N) is 2. The van der Waals surface area contributed by atoms with Crippen molar-refractivity contribution in [3.8, 4) is 16.9 Å². The maximum absolute atomic E-state index is 13.1. The quantitative estimate of drug-likeness (QED) is 0.468. The van der Waals surface area contributed by atoms with Gasteiger partial charge < -0.3 is 16.4 Å². The number of nitrogens with one attached hydrogen (secondary N) is 2. The van der Waals surface area contributed by atoms with Crippen LogP contribution in [0.15, 0.2) is 91.1 Å². The molecule has 0 bridgehead atoms. The number of primary amides is 1. The molecule has 0 aliphatic rings. The second-order valence-corrected chi connectivity index (χ2v) is 6.56. The minimum Gasteiger partial charge on any atom is -0.351 e. The number of amides is 3. The van der Waals surface area contributed by atoms with Gasteiger partial charge >= 0.3 is 6.03 Å². The molecule has 1 aromatic heterocycles. The van der Waals surface area contributed by atoms with E-state index < -0.39 is 6.03 Å². The molecule has 0 aliphatic carbocycles. The number of anilines is 2. The van der Waals surface area contributed by atoms with Crippen molar-refractivity contribution in [2.45, 2.75) is 0 Å². The minimum absolute atomic E-state index is 0.313. The molecular formula is C23H19N5O2. The van der Waals surface area contributed by atoms with E-state index in [1.54, 1.807) is 35.1 Å². The second kappa shape index (κ2) is 8.32. The van der Waals surface area contributed by atoms with Gasteiger partial charge in [0.2, 0.25) is 0 Å². The van der Waals surface area contributed by atoms with Gasteiger partial charge in [0.1, 0.15) is 5.69 Å². The summed E-state index contributed by atoms with van der Waals surface area (Å²) in [5, 5.41) is 10.0. The Kier molecular flexibility index (Phi) is 5.25. The SMILES string of the molecule is NC(=O)Nc1cccc(NC(=O)c2cn(-c3ccccc3)nc2-c2ccccc2)c1. The molecule has 3 amide bonds. The molecule has 30 heavy (non-hydrogen) atoms. The Labute approximate surface area is 173 Å². The molecule has 0 aliphatic heterocycles. The molecule has 0 fully saturated rings. The Morgan fingerprint density at radius 3 is 2.10 bits per heavy atom. The molecule has 4 N–H and O–H groups in total. The van der Waals surface area contributed by atoms with Gasteiger partial charge in [0.25, 0.3) is 5.91 Å². The normalized spacial score (nSPS) is 10.4. The van der Waals surface area contributed by atoms with Crippen LogP contribution in [-0.4, -0.2) is 21.7 Å². The monoisotopic (exact) mass is 397 g/mol. The van der Waals surface area contributed by atoms with Crippen LogP contribution in [0.3, 0.4) is 0 Å². The lowest BCUT2D eigenvalue weighted by Gasteiger charge is -2.08. The average Bonchev–Trinajstić information content (AvgIpc) is 3.21. The van der Waals surface area contributed by atoms with Gasteiger partial charge in [0.15, 0.2) is 0 Å². The highest BCUT2D eigenvalue weighted by molar-refractivity contribution is 6.08. The van der Waals surface area contributed by atoms with Gasteiger partial charge in [-0.2, -0.15) is 5.10 Å². The number of carbonyl (C=O) groups is 2. The molecule has 0 unspecified atom stereocenters. The predicted molar refractivity (Wildman–Crippen MR) is 117 cm³/mol. The highest BCUT2D eigenvalue weighted by Crippen LogP contribution is 2.25. The number of hydrogen-bond donors (Lipinski definition) is 3. The fourth-order valence-corrected chi connectivity index (χ4v) is 3.08. The van der Waals surface area contributed by atoms with Crippen LogP contribution in [0.1, 0.15) is 10.4 Å². The third kappa shape index (κ3) is 4.20. The first-order valence-electron chi connectivity index (χ1n) is 9.28. The first-order valence-corrected chi connectivity index (χ1v) is 9.28. The third-order valence-electron chi connectivity index (χ3n) is 4.41. The van der Waals surface area contributed by atoms with E-state index in [1.807, 2.05) is 60.7 Å². The summed E-state index contributed by atoms with van der Waals surface area (Å²) >= 11 is 0. The molecule has 3 aromatic carbocycles. The lowest BCUT2D eigenvalue weighted by Crippen LogP contribution is -2.19. The number of carbonyl (C=O) groups excluding carboxylic acids is 2. The van der Waals surface area contributed by atoms with Crippen molar-refractivity contribution >= 4 is 23.3 Å². The largest absolute Gasteiger partial charge is 0.351 e. The molecule has 1 heterocycles. The number of benzene rings is 3. The van der Waals surface area contributed by atoms with Crippen LogP contribution in [-0.2, 0) is 0 Å². The molecule has 7 nitrogen and oxygen atoms in total. The topological polar surface area (TPSA) is 102 Å². The Bertz CT molecular complexity index is 1190. The fraction of sp³-hybridized carbons (Fsp3) is 0. The Morgan fingerprint density at radius 1 is 0.800 bits per heavy atom. The van der Waals surface area contributed by atoms with Crippen molar-refractivity contribution in [2.75, 3.05) is 10.6 Å². The molecule has 0 saturated carbocycles. The summed E-state index contributed by atoms with van der Waals surface area (Å²) in [6.45, 7) is 0. The van der Waals surface area contributed by atoms with Crippen LogP contribution in [0.2, 0.25) is 0 Å². The fourth-order valence-electron chi connectivity index (χ4n) is 3.08. The van der Waals surface area contributed by atoms with Gasteiger partial charge in [-0.15, -0.1) is 0 Å². The maximum Gasteiger partial charge on any atom is 0.316 e. The lowest BCUT2D eigenvalue weighted by molar-refractivity contribution is 0.102. The van der Waals surface area contributed by atoms with Gasteiger partial charge in [0.05, 0.1) is 11.3 Å². The molecule has 0 saturated heterocycles. The third-order valence-corrected chi connectivity index (χ3v) is 4.41. The van der Waals surface area contributed by atoms with Crippen molar-refractivity contribution in [1.29, 1.82) is 0 Å². The van der Waals surface area contributed by atoms with Crippen LogP contribution in [0.4, 0.5) is 16.2 Å². The van der Waals surface area contributed by atoms with Gasteiger partial charge in [-0.05, 0) is 30.3 Å². The molecule has 0 atom stereocenters. The summed E-state index contributed by atoms with van der Waals surface area (Å²) < 4.78 is 1.68. The van der Waals surface area contributed by atoms with E-state index in [2.05, 4.69) is 15.7 Å². The molecule has 4 rings (SSSR count). The Morgan fingerprint density at radius 2 is 1.43 bits per heavy atom. The van der Waals surface area contributed by atoms with E-state index >= 15 is 0 Å². The Balaban J connectivity index is 1.69. The smallest absolute Gasteiger partial charge is 0.316 e. The van der Waals surface area contributed by atoms with Crippen molar-refractivity contribution in [2.24, 2.45) is 5.73 Å². The van der Waals surface area contributed by atoms with Crippen LogP contribution in [0.5, 0.6) is 0 Å². The van der Waals surface area contributed by atoms with E-state index in [9.17, 15) is 9.59 Å². The zero-order chi connectivity index (χ0) is 20.9. The van der Waals surface area contributed by atoms with Crippen LogP contribution in [0, 0.1) is 0 Å². The van der Waals surface area contributed by atoms with Crippen LogP contribution in [0.25, 0.3) is 16.9 Å². The summed E-state index contributed by atoms with van der Waals surface area (Å²) in [7, 11) is 0. The predicted octanol–water partition coefficient (Wildman–Crippen LogP) is 4.28. The summed E-state index contributed by atoms with van der Waals surface area (Å²) in [6, 6.07) is 25.2. The molecule has 7 heteroatoms. The molecule has 148 valence electrons. The van der Waals surface area contributed by atoms with E-state index in [4.69, 9.17) is 5.73 Å². The second-order valence-electron chi connectivity index (χ2n) is 6.56. The number of nitrogens with two attached hydrogens (primary N) is 1. The zero-order valence-corrected chi connectivity index (χ0v) is 15.9. The molecular weight excluding hydrogens is 378 g/mol. The number of hydrogen-bond acceptors (Lipinski definition) is 3. The van der Waals surface area contributed by atoms with Gasteiger partial charge in [0, 0.05) is 23.1 Å². The van der Waals surface area contributed by atoms with Crippen molar-refractivity contribution in [1.82, 2.24) is 9.78 Å².